The van der Waals surface area contributed by atoms with Crippen molar-refractivity contribution in [3.63, 3.8) is 0 Å². The minimum Gasteiger partial charge on any atom is -0.477 e. The van der Waals surface area contributed by atoms with Gasteiger partial charge in [0.1, 0.15) is 0 Å². The summed E-state index contributed by atoms with van der Waals surface area (Å²) >= 11 is 0. The van der Waals surface area contributed by atoms with Crippen LogP contribution in [0.15, 0.2) is 6.07 Å². The molecule has 0 atom stereocenters. The largest absolute Gasteiger partial charge is 0.477 e. The van der Waals surface area contributed by atoms with Crippen LogP contribution in [0.4, 0.5) is 17.6 Å². The molecule has 100 valence electrons. The maximum absolute atomic E-state index is 13.1. The van der Waals surface area contributed by atoms with Crippen LogP contribution in [0.2, 0.25) is 0 Å². The average molecular weight is 265 g/mol. The van der Waals surface area contributed by atoms with E-state index in [0.717, 1.165) is 0 Å². The quantitative estimate of drug-likeness (QED) is 0.669. The van der Waals surface area contributed by atoms with E-state index >= 15 is 0 Å². The number of carbonyl (C=O) groups is 1. The summed E-state index contributed by atoms with van der Waals surface area (Å²) in [5.74, 6) is -8.43. The SMILES string of the molecule is CC(C)NC(=O)COc1c(F)c(F)cc(F)c1F. The lowest BCUT2D eigenvalue weighted by Gasteiger charge is -2.11. The molecule has 1 amide bonds. The monoisotopic (exact) mass is 265 g/mol. The predicted molar refractivity (Wildman–Crippen MR) is 55.0 cm³/mol. The number of benzene rings is 1. The lowest BCUT2D eigenvalue weighted by molar-refractivity contribution is -0.123. The standard InChI is InChI=1S/C11H11F4NO2/c1-5(2)16-8(17)4-18-11-9(14)6(12)3-7(13)10(11)15/h3,5H,4H2,1-2H3,(H,16,17). The van der Waals surface area contributed by atoms with Gasteiger partial charge in [-0.3, -0.25) is 4.79 Å². The van der Waals surface area contributed by atoms with Gasteiger partial charge in [-0.2, -0.15) is 8.78 Å². The van der Waals surface area contributed by atoms with Gasteiger partial charge in [-0.1, -0.05) is 0 Å². The van der Waals surface area contributed by atoms with E-state index in [-0.39, 0.29) is 12.1 Å². The normalized spacial score (nSPS) is 10.6. The third-order valence-electron chi connectivity index (χ3n) is 1.87. The Morgan fingerprint density at radius 3 is 2.17 bits per heavy atom. The molecule has 0 saturated heterocycles. The second kappa shape index (κ2) is 5.70. The minimum atomic E-state index is -1.67. The number of halogens is 4. The van der Waals surface area contributed by atoms with E-state index in [1.54, 1.807) is 13.8 Å². The highest BCUT2D eigenvalue weighted by molar-refractivity contribution is 5.77. The van der Waals surface area contributed by atoms with Crippen molar-refractivity contribution < 1.29 is 27.1 Å². The molecular weight excluding hydrogens is 254 g/mol. The Bertz CT molecular complexity index is 437. The first-order valence-corrected chi connectivity index (χ1v) is 5.08. The summed E-state index contributed by atoms with van der Waals surface area (Å²) in [6.07, 6.45) is 0. The lowest BCUT2D eigenvalue weighted by atomic mass is 10.3. The number of ether oxygens (including phenoxy) is 1. The molecule has 7 heteroatoms. The summed E-state index contributed by atoms with van der Waals surface area (Å²) in [6.45, 7) is 2.59. The summed E-state index contributed by atoms with van der Waals surface area (Å²) in [5.41, 5.74) is 0. The number of hydrogen-bond acceptors (Lipinski definition) is 2. The van der Waals surface area contributed by atoms with Crippen LogP contribution in [0.3, 0.4) is 0 Å². The third-order valence-corrected chi connectivity index (χ3v) is 1.87. The Balaban J connectivity index is 2.82. The van der Waals surface area contributed by atoms with E-state index in [9.17, 15) is 22.4 Å². The van der Waals surface area contributed by atoms with Gasteiger partial charge in [0.2, 0.25) is 11.6 Å². The summed E-state index contributed by atoms with van der Waals surface area (Å²) in [7, 11) is 0. The molecule has 1 N–H and O–H groups in total. The van der Waals surface area contributed by atoms with Crippen molar-refractivity contribution in [3.8, 4) is 5.75 Å². The first kappa shape index (κ1) is 14.3. The molecule has 0 unspecified atom stereocenters. The lowest BCUT2D eigenvalue weighted by Crippen LogP contribution is -2.34. The van der Waals surface area contributed by atoms with E-state index in [4.69, 9.17) is 0 Å². The molecule has 0 heterocycles. The van der Waals surface area contributed by atoms with Crippen molar-refractivity contribution in [1.29, 1.82) is 0 Å². The molecule has 0 bridgehead atoms. The molecule has 0 aliphatic carbocycles. The average Bonchev–Trinajstić information content (AvgIpc) is 2.25. The number of nitrogens with one attached hydrogen (secondary N) is 1. The van der Waals surface area contributed by atoms with Crippen LogP contribution in [0, 0.1) is 23.3 Å². The number of carbonyl (C=O) groups excluding carboxylic acids is 1. The Kier molecular flexibility index (Phi) is 4.52. The molecule has 18 heavy (non-hydrogen) atoms. The maximum Gasteiger partial charge on any atom is 0.258 e. The van der Waals surface area contributed by atoms with E-state index in [2.05, 4.69) is 10.1 Å². The van der Waals surface area contributed by atoms with Gasteiger partial charge < -0.3 is 10.1 Å². The van der Waals surface area contributed by atoms with E-state index in [1.165, 1.54) is 0 Å². The van der Waals surface area contributed by atoms with Crippen LogP contribution >= 0.6 is 0 Å². The Morgan fingerprint density at radius 1 is 1.22 bits per heavy atom. The molecule has 0 spiro atoms. The Hall–Kier alpha value is -1.79. The fourth-order valence-corrected chi connectivity index (χ4v) is 1.18. The van der Waals surface area contributed by atoms with Crippen LogP contribution in [-0.4, -0.2) is 18.6 Å². The van der Waals surface area contributed by atoms with Gasteiger partial charge in [0, 0.05) is 12.1 Å². The fourth-order valence-electron chi connectivity index (χ4n) is 1.18. The molecule has 1 aromatic carbocycles. The molecular formula is C11H11F4NO2. The van der Waals surface area contributed by atoms with Crippen molar-refractivity contribution in [2.24, 2.45) is 0 Å². The smallest absolute Gasteiger partial charge is 0.258 e. The maximum atomic E-state index is 13.1. The second-order valence-electron chi connectivity index (χ2n) is 3.81. The zero-order chi connectivity index (χ0) is 13.9. The highest BCUT2D eigenvalue weighted by Crippen LogP contribution is 2.26. The van der Waals surface area contributed by atoms with Crippen molar-refractivity contribution in [2.75, 3.05) is 6.61 Å². The first-order chi connectivity index (χ1) is 8.32. The van der Waals surface area contributed by atoms with Gasteiger partial charge in [0.05, 0.1) is 0 Å². The van der Waals surface area contributed by atoms with Gasteiger partial charge in [-0.25, -0.2) is 8.78 Å². The van der Waals surface area contributed by atoms with Crippen LogP contribution in [0.25, 0.3) is 0 Å². The summed E-state index contributed by atoms with van der Waals surface area (Å²) < 4.78 is 56.3. The number of rotatable bonds is 4. The molecule has 0 saturated carbocycles. The van der Waals surface area contributed by atoms with Crippen LogP contribution in [0.1, 0.15) is 13.8 Å². The fraction of sp³-hybridized carbons (Fsp3) is 0.364. The summed E-state index contributed by atoms with van der Waals surface area (Å²) in [6, 6.07) is -0.133. The van der Waals surface area contributed by atoms with E-state index in [0.29, 0.717) is 0 Å². The molecule has 1 rings (SSSR count). The molecule has 0 aliphatic heterocycles. The molecule has 0 aromatic heterocycles. The van der Waals surface area contributed by atoms with E-state index in [1.807, 2.05) is 0 Å². The van der Waals surface area contributed by atoms with Gasteiger partial charge in [-0.05, 0) is 13.8 Å². The first-order valence-electron chi connectivity index (χ1n) is 5.08. The second-order valence-corrected chi connectivity index (χ2v) is 3.81. The van der Waals surface area contributed by atoms with Crippen LogP contribution in [0.5, 0.6) is 5.75 Å². The van der Waals surface area contributed by atoms with Crippen molar-refractivity contribution in [2.45, 2.75) is 19.9 Å². The summed E-state index contributed by atoms with van der Waals surface area (Å²) in [4.78, 5) is 11.2. The van der Waals surface area contributed by atoms with Crippen LogP contribution < -0.4 is 10.1 Å². The van der Waals surface area contributed by atoms with Crippen molar-refractivity contribution >= 4 is 5.91 Å². The molecule has 0 aliphatic rings. The Labute approximate surface area is 101 Å². The highest BCUT2D eigenvalue weighted by atomic mass is 19.2. The molecule has 1 aromatic rings. The number of hydrogen-bond donors (Lipinski definition) is 1. The zero-order valence-electron chi connectivity index (χ0n) is 9.69. The van der Waals surface area contributed by atoms with Gasteiger partial charge in [0.25, 0.3) is 5.91 Å². The minimum absolute atomic E-state index is 0.0612. The molecule has 0 fully saturated rings. The zero-order valence-corrected chi connectivity index (χ0v) is 9.69. The number of amides is 1. The molecule has 0 radical (unpaired) electrons. The predicted octanol–water partition coefficient (Wildman–Crippen LogP) is 2.15. The topological polar surface area (TPSA) is 38.3 Å². The third kappa shape index (κ3) is 3.35. The highest BCUT2D eigenvalue weighted by Gasteiger charge is 2.21. The van der Waals surface area contributed by atoms with Crippen LogP contribution in [-0.2, 0) is 4.79 Å². The van der Waals surface area contributed by atoms with Crippen molar-refractivity contribution in [1.82, 2.24) is 5.32 Å². The van der Waals surface area contributed by atoms with Gasteiger partial charge in [-0.15, -0.1) is 0 Å². The summed E-state index contributed by atoms with van der Waals surface area (Å²) in [5, 5.41) is 2.38. The Morgan fingerprint density at radius 2 is 1.72 bits per heavy atom. The van der Waals surface area contributed by atoms with E-state index < -0.39 is 41.5 Å². The van der Waals surface area contributed by atoms with Gasteiger partial charge in [0.15, 0.2) is 24.0 Å². The van der Waals surface area contributed by atoms with Gasteiger partial charge >= 0.3 is 0 Å². The van der Waals surface area contributed by atoms with Crippen molar-refractivity contribution in [3.05, 3.63) is 29.3 Å². The molecule has 3 nitrogen and oxygen atoms in total.